The molecule has 0 saturated heterocycles. The molecule has 1 aromatic carbocycles. The summed E-state index contributed by atoms with van der Waals surface area (Å²) in [5.41, 5.74) is 3.65. The Bertz CT molecular complexity index is 582. The van der Waals surface area contributed by atoms with Crippen LogP contribution in [0.4, 0.5) is 0 Å². The lowest BCUT2D eigenvalue weighted by Gasteiger charge is -2.32. The minimum atomic E-state index is 0.0704. The maximum absolute atomic E-state index is 6.15. The number of para-hydroxylation sites is 1. The number of nitrogens with one attached hydrogen (secondary N) is 1. The van der Waals surface area contributed by atoms with Crippen LogP contribution < -0.4 is 10.1 Å². The van der Waals surface area contributed by atoms with Crippen LogP contribution in [-0.4, -0.2) is 12.0 Å². The second-order valence-electron chi connectivity index (χ2n) is 4.95. The normalized spacial score (nSPS) is 21.6. The second-order valence-corrected chi connectivity index (χ2v) is 4.95. The standard InChI is InChI=1S/C16H18N2O/c1-11-7-8-18-10-13(11)16-9-14(17-2)12-5-3-4-6-15(12)19-16/h3-8,10,14,16-17H,9H2,1-2H3. The summed E-state index contributed by atoms with van der Waals surface area (Å²) in [4.78, 5) is 4.23. The molecule has 0 amide bonds. The van der Waals surface area contributed by atoms with Crippen molar-refractivity contribution in [3.05, 3.63) is 59.4 Å². The van der Waals surface area contributed by atoms with Crippen molar-refractivity contribution in [1.29, 1.82) is 0 Å². The summed E-state index contributed by atoms with van der Waals surface area (Å²) < 4.78 is 6.15. The fourth-order valence-corrected chi connectivity index (χ4v) is 2.70. The lowest BCUT2D eigenvalue weighted by Crippen LogP contribution is -2.27. The molecule has 0 saturated carbocycles. The molecule has 1 aliphatic rings. The van der Waals surface area contributed by atoms with E-state index in [-0.39, 0.29) is 6.10 Å². The van der Waals surface area contributed by atoms with Gasteiger partial charge in [-0.25, -0.2) is 0 Å². The average molecular weight is 254 g/mol. The molecule has 1 aliphatic heterocycles. The number of nitrogens with zero attached hydrogens (tertiary/aromatic N) is 1. The highest BCUT2D eigenvalue weighted by Crippen LogP contribution is 2.40. The smallest absolute Gasteiger partial charge is 0.127 e. The Morgan fingerprint density at radius 1 is 1.21 bits per heavy atom. The first-order valence-corrected chi connectivity index (χ1v) is 6.63. The van der Waals surface area contributed by atoms with Crippen LogP contribution in [0.15, 0.2) is 42.7 Å². The van der Waals surface area contributed by atoms with Gasteiger partial charge in [-0.2, -0.15) is 0 Å². The van der Waals surface area contributed by atoms with E-state index in [4.69, 9.17) is 4.74 Å². The number of pyridine rings is 1. The minimum Gasteiger partial charge on any atom is -0.485 e. The van der Waals surface area contributed by atoms with Crippen LogP contribution in [0.1, 0.15) is 35.3 Å². The third-order valence-corrected chi connectivity index (χ3v) is 3.79. The molecule has 98 valence electrons. The van der Waals surface area contributed by atoms with Gasteiger partial charge in [0.1, 0.15) is 11.9 Å². The second kappa shape index (κ2) is 5.02. The summed E-state index contributed by atoms with van der Waals surface area (Å²) in [5.74, 6) is 0.973. The number of ether oxygens (including phenoxy) is 1. The van der Waals surface area contributed by atoms with E-state index in [0.717, 1.165) is 12.2 Å². The Labute approximate surface area is 113 Å². The third-order valence-electron chi connectivity index (χ3n) is 3.79. The van der Waals surface area contributed by atoms with Gasteiger partial charge in [-0.1, -0.05) is 18.2 Å². The molecule has 0 fully saturated rings. The van der Waals surface area contributed by atoms with Crippen LogP contribution in [0.2, 0.25) is 0 Å². The van der Waals surface area contributed by atoms with Gasteiger partial charge in [-0.15, -0.1) is 0 Å². The number of benzene rings is 1. The average Bonchev–Trinajstić information content (AvgIpc) is 2.46. The van der Waals surface area contributed by atoms with Crippen molar-refractivity contribution in [2.45, 2.75) is 25.5 Å². The lowest BCUT2D eigenvalue weighted by molar-refractivity contribution is 0.153. The molecule has 1 N–H and O–H groups in total. The molecule has 0 radical (unpaired) electrons. The minimum absolute atomic E-state index is 0.0704. The Hall–Kier alpha value is -1.87. The number of hydrogen-bond acceptors (Lipinski definition) is 3. The third kappa shape index (κ3) is 2.22. The maximum Gasteiger partial charge on any atom is 0.127 e. The van der Waals surface area contributed by atoms with Crippen molar-refractivity contribution < 1.29 is 4.74 Å². The topological polar surface area (TPSA) is 34.2 Å². The van der Waals surface area contributed by atoms with E-state index in [1.54, 1.807) is 0 Å². The van der Waals surface area contributed by atoms with Gasteiger partial charge in [-0.05, 0) is 31.7 Å². The van der Waals surface area contributed by atoms with Gasteiger partial charge in [0.05, 0.1) is 0 Å². The van der Waals surface area contributed by atoms with Crippen molar-refractivity contribution in [2.24, 2.45) is 0 Å². The Balaban J connectivity index is 1.98. The molecular weight excluding hydrogens is 236 g/mol. The van der Waals surface area contributed by atoms with Gasteiger partial charge in [0.25, 0.3) is 0 Å². The van der Waals surface area contributed by atoms with E-state index in [2.05, 4.69) is 29.4 Å². The highest BCUT2D eigenvalue weighted by molar-refractivity contribution is 5.39. The van der Waals surface area contributed by atoms with Gasteiger partial charge in [0.15, 0.2) is 0 Å². The van der Waals surface area contributed by atoms with Crippen molar-refractivity contribution in [2.75, 3.05) is 7.05 Å². The SMILES string of the molecule is CNC1CC(c2cnccc2C)Oc2ccccc21. The first kappa shape index (κ1) is 12.2. The molecule has 0 bridgehead atoms. The molecule has 2 heterocycles. The van der Waals surface area contributed by atoms with Crippen LogP contribution in [0.25, 0.3) is 0 Å². The zero-order valence-electron chi connectivity index (χ0n) is 11.3. The highest BCUT2D eigenvalue weighted by Gasteiger charge is 2.28. The molecular formula is C16H18N2O. The van der Waals surface area contributed by atoms with Crippen LogP contribution >= 0.6 is 0 Å². The molecule has 19 heavy (non-hydrogen) atoms. The molecule has 3 heteroatoms. The van der Waals surface area contributed by atoms with Crippen LogP contribution in [0.5, 0.6) is 5.75 Å². The molecule has 3 nitrogen and oxygen atoms in total. The lowest BCUT2D eigenvalue weighted by atomic mass is 9.92. The number of hydrogen-bond donors (Lipinski definition) is 1. The number of aryl methyl sites for hydroxylation is 1. The van der Waals surface area contributed by atoms with Gasteiger partial charge >= 0.3 is 0 Å². The maximum atomic E-state index is 6.15. The van der Waals surface area contributed by atoms with Crippen molar-refractivity contribution in [1.82, 2.24) is 10.3 Å². The summed E-state index contributed by atoms with van der Waals surface area (Å²) >= 11 is 0. The number of aromatic nitrogens is 1. The molecule has 3 rings (SSSR count). The van der Waals surface area contributed by atoms with E-state index >= 15 is 0 Å². The molecule has 1 aromatic heterocycles. The zero-order valence-corrected chi connectivity index (χ0v) is 11.3. The molecule has 2 atom stereocenters. The van der Waals surface area contributed by atoms with Crippen LogP contribution in [0, 0.1) is 6.92 Å². The van der Waals surface area contributed by atoms with E-state index in [1.165, 1.54) is 16.7 Å². The first-order valence-electron chi connectivity index (χ1n) is 6.63. The van der Waals surface area contributed by atoms with Gasteiger partial charge in [0, 0.05) is 36.0 Å². The Kier molecular flexibility index (Phi) is 3.22. The number of rotatable bonds is 2. The van der Waals surface area contributed by atoms with Crippen molar-refractivity contribution >= 4 is 0 Å². The highest BCUT2D eigenvalue weighted by atomic mass is 16.5. The summed E-state index contributed by atoms with van der Waals surface area (Å²) in [6.45, 7) is 2.11. The quantitative estimate of drug-likeness (QED) is 0.893. The number of fused-ring (bicyclic) bond motifs is 1. The Morgan fingerprint density at radius 3 is 2.84 bits per heavy atom. The van der Waals surface area contributed by atoms with Crippen LogP contribution in [0.3, 0.4) is 0 Å². The van der Waals surface area contributed by atoms with Crippen molar-refractivity contribution in [3.63, 3.8) is 0 Å². The van der Waals surface area contributed by atoms with E-state index < -0.39 is 0 Å². The fourth-order valence-electron chi connectivity index (χ4n) is 2.70. The summed E-state index contributed by atoms with van der Waals surface area (Å²) in [6.07, 6.45) is 4.74. The van der Waals surface area contributed by atoms with Crippen molar-refractivity contribution in [3.8, 4) is 5.75 Å². The van der Waals surface area contributed by atoms with Crippen LogP contribution in [-0.2, 0) is 0 Å². The molecule has 0 spiro atoms. The first-order chi connectivity index (χ1) is 9.29. The predicted octanol–water partition coefficient (Wildman–Crippen LogP) is 3.17. The van der Waals surface area contributed by atoms with Gasteiger partial charge in [-0.3, -0.25) is 4.98 Å². The molecule has 0 aliphatic carbocycles. The van der Waals surface area contributed by atoms with E-state index in [1.807, 2.05) is 37.6 Å². The largest absolute Gasteiger partial charge is 0.485 e. The fraction of sp³-hybridized carbons (Fsp3) is 0.312. The van der Waals surface area contributed by atoms with E-state index in [0.29, 0.717) is 6.04 Å². The van der Waals surface area contributed by atoms with Gasteiger partial charge < -0.3 is 10.1 Å². The summed E-state index contributed by atoms with van der Waals surface area (Å²) in [6, 6.07) is 10.6. The predicted molar refractivity (Wildman–Crippen MR) is 75.2 cm³/mol. The summed E-state index contributed by atoms with van der Waals surface area (Å²) in [5, 5.41) is 3.38. The van der Waals surface area contributed by atoms with Gasteiger partial charge in [0.2, 0.25) is 0 Å². The van der Waals surface area contributed by atoms with E-state index in [9.17, 15) is 0 Å². The Morgan fingerprint density at radius 2 is 2.05 bits per heavy atom. The zero-order chi connectivity index (χ0) is 13.2. The molecule has 2 aromatic rings. The molecule has 2 unspecified atom stereocenters. The monoisotopic (exact) mass is 254 g/mol. The summed E-state index contributed by atoms with van der Waals surface area (Å²) in [7, 11) is 2.00.